The summed E-state index contributed by atoms with van der Waals surface area (Å²) in [5.41, 5.74) is 13.2. The molecular weight excluding hydrogens is 488 g/mol. The average Bonchev–Trinajstić information content (AvgIpc) is 2.87. The molecule has 0 spiro atoms. The van der Waals surface area contributed by atoms with Crippen LogP contribution in [0.2, 0.25) is 0 Å². The Labute approximate surface area is 218 Å². The van der Waals surface area contributed by atoms with Gasteiger partial charge in [0.1, 0.15) is 17.7 Å². The summed E-state index contributed by atoms with van der Waals surface area (Å²) in [4.78, 5) is 2.04. The highest BCUT2D eigenvalue weighted by Gasteiger charge is 2.24. The molecule has 0 atom stereocenters. The molecule has 0 amide bonds. The summed E-state index contributed by atoms with van der Waals surface area (Å²) in [7, 11) is -3.67. The highest BCUT2D eigenvalue weighted by Crippen LogP contribution is 2.27. The molecular formula is C27H34N6O3S. The van der Waals surface area contributed by atoms with Gasteiger partial charge in [0.15, 0.2) is 0 Å². The number of nitrogen functional groups attached to an aromatic ring is 1. The molecule has 37 heavy (non-hydrogen) atoms. The lowest BCUT2D eigenvalue weighted by Gasteiger charge is -2.33. The second-order valence-corrected chi connectivity index (χ2v) is 11.3. The number of benzene rings is 3. The molecule has 6 N–H and O–H groups in total. The van der Waals surface area contributed by atoms with Gasteiger partial charge in [0, 0.05) is 38.0 Å². The Bertz CT molecular complexity index is 1380. The Morgan fingerprint density at radius 1 is 1.03 bits per heavy atom. The van der Waals surface area contributed by atoms with Crippen molar-refractivity contribution in [2.75, 3.05) is 29.7 Å². The molecule has 1 aliphatic heterocycles. The van der Waals surface area contributed by atoms with Crippen LogP contribution in [-0.4, -0.2) is 56.5 Å². The first-order valence-corrected chi connectivity index (χ1v) is 13.9. The van der Waals surface area contributed by atoms with E-state index in [1.165, 1.54) is 4.31 Å². The third-order valence-corrected chi connectivity index (χ3v) is 8.36. The molecule has 10 heteroatoms. The first-order chi connectivity index (χ1) is 17.7. The molecule has 3 aromatic rings. The number of anilines is 1. The van der Waals surface area contributed by atoms with Gasteiger partial charge in [-0.2, -0.15) is 0 Å². The van der Waals surface area contributed by atoms with Gasteiger partial charge in [-0.05, 0) is 59.7 Å². The van der Waals surface area contributed by atoms with Crippen molar-refractivity contribution >= 4 is 38.2 Å². The van der Waals surface area contributed by atoms with E-state index in [0.29, 0.717) is 22.8 Å². The normalized spacial score (nSPS) is 14.5. The van der Waals surface area contributed by atoms with Gasteiger partial charge in [-0.15, -0.1) is 0 Å². The van der Waals surface area contributed by atoms with Crippen molar-refractivity contribution < 1.29 is 13.2 Å². The van der Waals surface area contributed by atoms with Crippen LogP contribution in [0.15, 0.2) is 60.7 Å². The topological polar surface area (TPSA) is 150 Å². The van der Waals surface area contributed by atoms with Crippen molar-refractivity contribution in [1.29, 1.82) is 10.8 Å². The number of hydrogen-bond acceptors (Lipinski definition) is 6. The van der Waals surface area contributed by atoms with Crippen molar-refractivity contribution in [3.8, 4) is 5.75 Å². The number of sulfonamides is 1. The summed E-state index contributed by atoms with van der Waals surface area (Å²) >= 11 is 0. The predicted molar refractivity (Wildman–Crippen MR) is 149 cm³/mol. The molecule has 0 radical (unpaired) electrons. The molecule has 3 aromatic carbocycles. The lowest BCUT2D eigenvalue weighted by molar-refractivity contribution is 0.130. The smallest absolute Gasteiger partial charge is 0.236 e. The van der Waals surface area contributed by atoms with E-state index in [-0.39, 0.29) is 30.8 Å². The predicted octanol–water partition coefficient (Wildman–Crippen LogP) is 3.26. The second kappa shape index (κ2) is 11.2. The van der Waals surface area contributed by atoms with Gasteiger partial charge >= 0.3 is 0 Å². The number of ether oxygens (including phenoxy) is 1. The van der Waals surface area contributed by atoms with Crippen LogP contribution < -0.4 is 20.5 Å². The summed E-state index contributed by atoms with van der Waals surface area (Å²) < 4.78 is 33.9. The maximum Gasteiger partial charge on any atom is 0.236 e. The molecule has 0 bridgehead atoms. The number of nitrogens with two attached hydrogens (primary N) is 2. The quantitative estimate of drug-likeness (QED) is 0.250. The van der Waals surface area contributed by atoms with Crippen molar-refractivity contribution in [3.05, 3.63) is 71.8 Å². The lowest BCUT2D eigenvalue weighted by atomic mass is 10.0. The van der Waals surface area contributed by atoms with Gasteiger partial charge in [0.25, 0.3) is 0 Å². The average molecular weight is 523 g/mol. The zero-order valence-electron chi connectivity index (χ0n) is 21.0. The maximum absolute atomic E-state index is 13.2. The van der Waals surface area contributed by atoms with Crippen LogP contribution in [0.25, 0.3) is 10.8 Å². The van der Waals surface area contributed by atoms with Crippen molar-refractivity contribution in [1.82, 2.24) is 4.90 Å². The minimum atomic E-state index is -3.67. The van der Waals surface area contributed by atoms with Gasteiger partial charge in [-0.1, -0.05) is 24.3 Å². The third kappa shape index (κ3) is 6.39. The molecule has 1 fully saturated rings. The van der Waals surface area contributed by atoms with Gasteiger partial charge in [0.05, 0.1) is 23.8 Å². The van der Waals surface area contributed by atoms with Crippen molar-refractivity contribution in [3.63, 3.8) is 0 Å². The van der Waals surface area contributed by atoms with Crippen molar-refractivity contribution in [2.24, 2.45) is 11.5 Å². The first kappa shape index (κ1) is 26.4. The fraction of sp³-hybridized carbons (Fsp3) is 0.333. The number of hydrogen-bond donors (Lipinski definition) is 4. The summed E-state index contributed by atoms with van der Waals surface area (Å²) in [5.74, 6) is 1.08. The minimum Gasteiger partial charge on any atom is -0.490 e. The molecule has 1 heterocycles. The van der Waals surface area contributed by atoms with Crippen LogP contribution in [0.5, 0.6) is 5.75 Å². The van der Waals surface area contributed by atoms with Crippen LogP contribution in [0.3, 0.4) is 0 Å². The maximum atomic E-state index is 13.2. The van der Waals surface area contributed by atoms with Crippen molar-refractivity contribution in [2.45, 2.75) is 32.4 Å². The molecule has 196 valence electrons. The third-order valence-electron chi connectivity index (χ3n) is 6.60. The molecule has 9 nitrogen and oxygen atoms in total. The Kier molecular flexibility index (Phi) is 7.99. The van der Waals surface area contributed by atoms with Gasteiger partial charge < -0.3 is 21.1 Å². The number of amidine groups is 2. The van der Waals surface area contributed by atoms with E-state index in [2.05, 4.69) is 0 Å². The highest BCUT2D eigenvalue weighted by atomic mass is 32.2. The van der Waals surface area contributed by atoms with Gasteiger partial charge in [0.2, 0.25) is 10.0 Å². The number of nitrogens with one attached hydrogen (secondary N) is 2. The fourth-order valence-corrected chi connectivity index (χ4v) is 5.84. The first-order valence-electron chi connectivity index (χ1n) is 12.3. The standard InChI is InChI=1S/C27H34N6O3S/c1-19(29)32-13-10-26(11-14-32)36-25-8-6-24(7-9-25)33(37(34,35)15-12-28)18-20-2-3-21-4-5-22(27(30)31)17-23(21)16-20/h2-9,16-17,26,29H,10-15,18,28H2,1H3,(H3,30,31). The molecule has 0 aromatic heterocycles. The summed E-state index contributed by atoms with van der Waals surface area (Å²) in [6, 6.07) is 18.4. The Morgan fingerprint density at radius 3 is 2.32 bits per heavy atom. The number of likely N-dealkylation sites (tertiary alicyclic amines) is 1. The van der Waals surface area contributed by atoms with E-state index in [1.807, 2.05) is 35.2 Å². The van der Waals surface area contributed by atoms with Gasteiger partial charge in [-0.25, -0.2) is 8.42 Å². The Balaban J connectivity index is 1.54. The fourth-order valence-electron chi connectivity index (χ4n) is 4.53. The molecule has 0 unspecified atom stereocenters. The summed E-state index contributed by atoms with van der Waals surface area (Å²) in [5, 5.41) is 17.3. The van der Waals surface area contributed by atoms with E-state index < -0.39 is 10.0 Å². The Morgan fingerprint density at radius 2 is 1.70 bits per heavy atom. The minimum absolute atomic E-state index is 0.0165. The number of piperidine rings is 1. The van der Waals surface area contributed by atoms with E-state index in [9.17, 15) is 8.42 Å². The van der Waals surface area contributed by atoms with Gasteiger partial charge in [-0.3, -0.25) is 15.1 Å². The molecule has 0 saturated carbocycles. The SMILES string of the molecule is CC(=N)N1CCC(Oc2ccc(N(Cc3ccc4ccc(C(=N)N)cc4c3)S(=O)(=O)CCN)cc2)CC1. The van der Waals surface area contributed by atoms with Crippen LogP contribution in [-0.2, 0) is 16.6 Å². The monoisotopic (exact) mass is 522 g/mol. The van der Waals surface area contributed by atoms with Crippen LogP contribution in [0.4, 0.5) is 5.69 Å². The second-order valence-electron chi connectivity index (χ2n) is 9.30. The summed E-state index contributed by atoms with van der Waals surface area (Å²) in [6.45, 7) is 3.55. The summed E-state index contributed by atoms with van der Waals surface area (Å²) in [6.07, 6.45) is 1.74. The molecule has 0 aliphatic carbocycles. The molecule has 1 aliphatic rings. The number of fused-ring (bicyclic) bond motifs is 1. The van der Waals surface area contributed by atoms with E-state index in [4.69, 9.17) is 27.0 Å². The molecule has 1 saturated heterocycles. The van der Waals surface area contributed by atoms with Crippen LogP contribution in [0.1, 0.15) is 30.9 Å². The largest absolute Gasteiger partial charge is 0.490 e. The van der Waals surface area contributed by atoms with E-state index in [0.717, 1.165) is 42.3 Å². The molecule has 4 rings (SSSR count). The number of nitrogens with zero attached hydrogens (tertiary/aromatic N) is 2. The number of rotatable bonds is 9. The zero-order valence-corrected chi connectivity index (χ0v) is 21.8. The van der Waals surface area contributed by atoms with E-state index in [1.54, 1.807) is 37.3 Å². The highest BCUT2D eigenvalue weighted by molar-refractivity contribution is 7.92. The zero-order chi connectivity index (χ0) is 26.6. The lowest BCUT2D eigenvalue weighted by Crippen LogP contribution is -2.40. The van der Waals surface area contributed by atoms with Crippen LogP contribution in [0, 0.1) is 10.8 Å². The van der Waals surface area contributed by atoms with E-state index >= 15 is 0 Å². The van der Waals surface area contributed by atoms with Crippen LogP contribution >= 0.6 is 0 Å². The Hall–Kier alpha value is -3.63.